The van der Waals surface area contributed by atoms with Crippen molar-refractivity contribution in [2.45, 2.75) is 5.41 Å². The topological polar surface area (TPSA) is 16.4 Å². The lowest BCUT2D eigenvalue weighted by Crippen LogP contribution is -2.26. The predicted molar refractivity (Wildman–Crippen MR) is 183 cm³/mol. The van der Waals surface area contributed by atoms with Crippen molar-refractivity contribution in [3.05, 3.63) is 173 Å². The molecule has 10 rings (SSSR count). The molecule has 0 saturated heterocycles. The molecule has 206 valence electrons. The van der Waals surface area contributed by atoms with Crippen LogP contribution in [-0.2, 0) is 5.41 Å². The van der Waals surface area contributed by atoms with Crippen molar-refractivity contribution in [2.75, 3.05) is 4.90 Å². The number of hydrogen-bond acceptors (Lipinski definition) is 3. The first-order valence-corrected chi connectivity index (χ1v) is 15.9. The number of para-hydroxylation sites is 2. The molecule has 6 aromatic carbocycles. The molecule has 1 unspecified atom stereocenters. The molecule has 0 bridgehead atoms. The first kappa shape index (κ1) is 24.1. The Hall–Kier alpha value is -5.38. The quantitative estimate of drug-likeness (QED) is 0.207. The molecule has 0 aliphatic heterocycles. The van der Waals surface area contributed by atoms with Gasteiger partial charge in [0, 0.05) is 27.7 Å². The third kappa shape index (κ3) is 2.99. The highest BCUT2D eigenvalue weighted by atomic mass is 32.1. The number of rotatable bonds is 3. The van der Waals surface area contributed by atoms with Gasteiger partial charge in [0.15, 0.2) is 0 Å². The molecule has 2 aromatic heterocycles. The first-order chi connectivity index (χ1) is 21.8. The maximum atomic E-state index is 6.69. The van der Waals surface area contributed by atoms with E-state index in [4.69, 9.17) is 4.42 Å². The number of fused-ring (bicyclic) bond motifs is 14. The van der Waals surface area contributed by atoms with E-state index in [1.165, 1.54) is 54.9 Å². The Morgan fingerprint density at radius 1 is 0.500 bits per heavy atom. The molecule has 8 aromatic rings. The lowest BCUT2D eigenvalue weighted by atomic mass is 9.70. The van der Waals surface area contributed by atoms with Crippen molar-refractivity contribution in [3.63, 3.8) is 0 Å². The molecule has 2 heterocycles. The van der Waals surface area contributed by atoms with Crippen LogP contribution in [-0.4, -0.2) is 0 Å². The summed E-state index contributed by atoms with van der Waals surface area (Å²) < 4.78 is 6.69. The van der Waals surface area contributed by atoms with E-state index in [0.29, 0.717) is 0 Å². The Morgan fingerprint density at radius 3 is 2.07 bits per heavy atom. The summed E-state index contributed by atoms with van der Waals surface area (Å²) in [6.45, 7) is 0. The minimum absolute atomic E-state index is 0.459. The van der Waals surface area contributed by atoms with Crippen LogP contribution >= 0.6 is 11.3 Å². The van der Waals surface area contributed by atoms with Gasteiger partial charge in [-0.1, -0.05) is 103 Å². The van der Waals surface area contributed by atoms with Gasteiger partial charge in [-0.25, -0.2) is 0 Å². The lowest BCUT2D eigenvalue weighted by molar-refractivity contribution is 0.669. The Morgan fingerprint density at radius 2 is 1.23 bits per heavy atom. The Bertz CT molecular complexity index is 2400. The first-order valence-electron chi connectivity index (χ1n) is 15.0. The summed E-state index contributed by atoms with van der Waals surface area (Å²) in [6, 6.07) is 53.1. The standard InChI is InChI=1S/C41H25NOS/c1-2-11-26(12-3-1)42(38-19-10-24-44-38)27-20-21-29-28-13-4-7-16-33(28)41(36(29)25-27)34-17-8-5-15-32(34)39-35(41)23-22-31-30-14-6-9-18-37(30)43-40(31)39/h1-25H. The van der Waals surface area contributed by atoms with E-state index in [9.17, 15) is 0 Å². The maximum absolute atomic E-state index is 6.69. The molecule has 2 aliphatic carbocycles. The smallest absolute Gasteiger partial charge is 0.143 e. The molecular formula is C41H25NOS. The fourth-order valence-electron chi connectivity index (χ4n) is 7.91. The number of thiophene rings is 1. The van der Waals surface area contributed by atoms with Crippen molar-refractivity contribution >= 4 is 49.7 Å². The Labute approximate surface area is 259 Å². The van der Waals surface area contributed by atoms with Crippen molar-refractivity contribution in [2.24, 2.45) is 0 Å². The number of nitrogens with zero attached hydrogens (tertiary/aromatic N) is 1. The SMILES string of the molecule is c1ccc(N(c2ccc3c(c2)C2(c4ccccc4-3)c3ccccc3-c3c2ccc2c3oc3ccccc32)c2cccs2)cc1. The van der Waals surface area contributed by atoms with Gasteiger partial charge in [-0.05, 0) is 86.8 Å². The van der Waals surface area contributed by atoms with Gasteiger partial charge >= 0.3 is 0 Å². The summed E-state index contributed by atoms with van der Waals surface area (Å²) in [5.41, 5.74) is 14.0. The molecule has 2 nitrogen and oxygen atoms in total. The molecule has 3 heteroatoms. The van der Waals surface area contributed by atoms with E-state index in [0.717, 1.165) is 27.9 Å². The summed E-state index contributed by atoms with van der Waals surface area (Å²) in [6.07, 6.45) is 0. The zero-order valence-electron chi connectivity index (χ0n) is 23.7. The molecular weight excluding hydrogens is 555 g/mol. The second-order valence-electron chi connectivity index (χ2n) is 11.7. The lowest BCUT2D eigenvalue weighted by Gasteiger charge is -2.31. The predicted octanol–water partition coefficient (Wildman–Crippen LogP) is 11.5. The van der Waals surface area contributed by atoms with Gasteiger partial charge in [-0.2, -0.15) is 0 Å². The number of anilines is 3. The van der Waals surface area contributed by atoms with Gasteiger partial charge in [0.25, 0.3) is 0 Å². The summed E-state index contributed by atoms with van der Waals surface area (Å²) >= 11 is 1.76. The van der Waals surface area contributed by atoms with Crippen LogP contribution in [0.25, 0.3) is 44.2 Å². The van der Waals surface area contributed by atoms with Crippen LogP contribution in [0.15, 0.2) is 155 Å². The van der Waals surface area contributed by atoms with Crippen LogP contribution in [0.4, 0.5) is 16.4 Å². The van der Waals surface area contributed by atoms with Crippen molar-refractivity contribution in [1.29, 1.82) is 0 Å². The van der Waals surface area contributed by atoms with E-state index >= 15 is 0 Å². The van der Waals surface area contributed by atoms with E-state index < -0.39 is 5.41 Å². The fraction of sp³-hybridized carbons (Fsp3) is 0.0244. The zero-order chi connectivity index (χ0) is 28.8. The van der Waals surface area contributed by atoms with Crippen LogP contribution in [0.3, 0.4) is 0 Å². The number of hydrogen-bond donors (Lipinski definition) is 0. The van der Waals surface area contributed by atoms with Gasteiger partial charge < -0.3 is 9.32 Å². The second kappa shape index (κ2) is 8.82. The maximum Gasteiger partial charge on any atom is 0.143 e. The largest absolute Gasteiger partial charge is 0.455 e. The second-order valence-corrected chi connectivity index (χ2v) is 12.6. The Balaban J connectivity index is 1.32. The van der Waals surface area contributed by atoms with Crippen LogP contribution in [0, 0.1) is 0 Å². The van der Waals surface area contributed by atoms with Crippen LogP contribution in [0.5, 0.6) is 0 Å². The molecule has 1 spiro atoms. The summed E-state index contributed by atoms with van der Waals surface area (Å²) in [5, 5.41) is 5.67. The molecule has 0 saturated carbocycles. The number of furan rings is 1. The van der Waals surface area contributed by atoms with Gasteiger partial charge in [-0.3, -0.25) is 0 Å². The average molecular weight is 580 g/mol. The normalized spacial score (nSPS) is 15.8. The van der Waals surface area contributed by atoms with E-state index in [2.05, 4.69) is 156 Å². The summed E-state index contributed by atoms with van der Waals surface area (Å²) in [5.74, 6) is 0. The van der Waals surface area contributed by atoms with Crippen molar-refractivity contribution in [1.82, 2.24) is 0 Å². The highest BCUT2D eigenvalue weighted by Crippen LogP contribution is 2.64. The average Bonchev–Trinajstić information content (AvgIpc) is 3.86. The molecule has 1 atom stereocenters. The molecule has 0 N–H and O–H groups in total. The monoisotopic (exact) mass is 579 g/mol. The minimum Gasteiger partial charge on any atom is -0.455 e. The van der Waals surface area contributed by atoms with Crippen LogP contribution < -0.4 is 4.90 Å². The van der Waals surface area contributed by atoms with Crippen LogP contribution in [0.2, 0.25) is 0 Å². The molecule has 0 radical (unpaired) electrons. The Kier molecular flexibility index (Phi) is 4.83. The van der Waals surface area contributed by atoms with Crippen molar-refractivity contribution in [3.8, 4) is 22.3 Å². The highest BCUT2D eigenvalue weighted by Gasteiger charge is 2.52. The third-order valence-corrected chi connectivity index (χ3v) is 10.4. The van der Waals surface area contributed by atoms with E-state index in [1.54, 1.807) is 11.3 Å². The summed E-state index contributed by atoms with van der Waals surface area (Å²) in [7, 11) is 0. The van der Waals surface area contributed by atoms with E-state index in [1.807, 2.05) is 0 Å². The number of benzene rings is 6. The third-order valence-electron chi connectivity index (χ3n) is 9.58. The van der Waals surface area contributed by atoms with Gasteiger partial charge in [0.05, 0.1) is 10.4 Å². The zero-order valence-corrected chi connectivity index (χ0v) is 24.5. The van der Waals surface area contributed by atoms with Gasteiger partial charge in [0.2, 0.25) is 0 Å². The van der Waals surface area contributed by atoms with Crippen molar-refractivity contribution < 1.29 is 4.42 Å². The fourth-order valence-corrected chi connectivity index (χ4v) is 8.68. The molecule has 44 heavy (non-hydrogen) atoms. The van der Waals surface area contributed by atoms with Gasteiger partial charge in [-0.15, -0.1) is 11.3 Å². The van der Waals surface area contributed by atoms with Crippen LogP contribution in [0.1, 0.15) is 22.3 Å². The summed E-state index contributed by atoms with van der Waals surface area (Å²) in [4.78, 5) is 2.38. The molecule has 0 fully saturated rings. The molecule has 0 amide bonds. The van der Waals surface area contributed by atoms with E-state index in [-0.39, 0.29) is 0 Å². The molecule has 2 aliphatic rings. The highest BCUT2D eigenvalue weighted by molar-refractivity contribution is 7.14. The minimum atomic E-state index is -0.459. The van der Waals surface area contributed by atoms with Gasteiger partial charge in [0.1, 0.15) is 11.2 Å².